The predicted molar refractivity (Wildman–Crippen MR) is 98.5 cm³/mol. The van der Waals surface area contributed by atoms with E-state index in [4.69, 9.17) is 0 Å². The van der Waals surface area contributed by atoms with Gasteiger partial charge in [-0.05, 0) is 19.4 Å². The molecule has 0 aliphatic rings. The molecule has 0 fully saturated rings. The summed E-state index contributed by atoms with van der Waals surface area (Å²) in [6.45, 7) is 4.17. The molecule has 2 aromatic carbocycles. The summed E-state index contributed by atoms with van der Waals surface area (Å²) in [4.78, 5) is 11.3. The van der Waals surface area contributed by atoms with Crippen molar-refractivity contribution in [1.29, 1.82) is 0 Å². The zero-order valence-electron chi connectivity index (χ0n) is 14.3. The van der Waals surface area contributed by atoms with Crippen LogP contribution in [0.1, 0.15) is 11.1 Å². The largest absolute Gasteiger partial charge is 0.395 e. The first-order valence-electron chi connectivity index (χ1n) is 8.14. The van der Waals surface area contributed by atoms with Crippen LogP contribution in [0.5, 0.6) is 0 Å². The SMILES string of the molecule is Cc1ccc(-c2cc([N+](=O)[O-])c(-c3ccc(C)cc3)n2CCO)cc1. The smallest absolute Gasteiger partial charge is 0.295 e. The number of rotatable bonds is 5. The zero-order chi connectivity index (χ0) is 18.0. The zero-order valence-corrected chi connectivity index (χ0v) is 14.3. The third kappa shape index (κ3) is 3.32. The van der Waals surface area contributed by atoms with E-state index in [1.165, 1.54) is 0 Å². The molecule has 25 heavy (non-hydrogen) atoms. The highest BCUT2D eigenvalue weighted by Gasteiger charge is 2.25. The molecule has 0 saturated heterocycles. The monoisotopic (exact) mass is 336 g/mol. The Bertz CT molecular complexity index is 894. The molecular weight excluding hydrogens is 316 g/mol. The minimum atomic E-state index is -0.360. The van der Waals surface area contributed by atoms with Crippen LogP contribution >= 0.6 is 0 Å². The van der Waals surface area contributed by atoms with Gasteiger partial charge in [-0.3, -0.25) is 10.1 Å². The van der Waals surface area contributed by atoms with E-state index < -0.39 is 0 Å². The summed E-state index contributed by atoms with van der Waals surface area (Å²) in [5, 5.41) is 21.2. The molecule has 3 aromatic rings. The van der Waals surface area contributed by atoms with Crippen LogP contribution in [0, 0.1) is 24.0 Å². The topological polar surface area (TPSA) is 68.3 Å². The number of hydrogen-bond donors (Lipinski definition) is 1. The summed E-state index contributed by atoms with van der Waals surface area (Å²) < 4.78 is 1.83. The minimum Gasteiger partial charge on any atom is -0.395 e. The molecule has 0 amide bonds. The summed E-state index contributed by atoms with van der Waals surface area (Å²) in [6.07, 6.45) is 0. The third-order valence-corrected chi connectivity index (χ3v) is 4.27. The average molecular weight is 336 g/mol. The number of benzene rings is 2. The Kier molecular flexibility index (Phi) is 4.67. The van der Waals surface area contributed by atoms with Crippen molar-refractivity contribution in [3.63, 3.8) is 0 Å². The highest BCUT2D eigenvalue weighted by atomic mass is 16.6. The van der Waals surface area contributed by atoms with Gasteiger partial charge >= 0.3 is 0 Å². The van der Waals surface area contributed by atoms with Crippen molar-refractivity contribution in [1.82, 2.24) is 4.57 Å². The lowest BCUT2D eigenvalue weighted by molar-refractivity contribution is -0.384. The maximum absolute atomic E-state index is 11.6. The molecule has 1 aromatic heterocycles. The molecule has 0 atom stereocenters. The summed E-state index contributed by atoms with van der Waals surface area (Å²) in [5.41, 5.74) is 5.17. The highest BCUT2D eigenvalue weighted by molar-refractivity contribution is 5.78. The van der Waals surface area contributed by atoms with Gasteiger partial charge in [-0.1, -0.05) is 59.7 Å². The van der Waals surface area contributed by atoms with Gasteiger partial charge in [0.25, 0.3) is 5.69 Å². The average Bonchev–Trinajstić information content (AvgIpc) is 2.96. The number of aliphatic hydroxyl groups excluding tert-OH is 1. The van der Waals surface area contributed by atoms with Crippen molar-refractivity contribution < 1.29 is 10.0 Å². The van der Waals surface area contributed by atoms with E-state index >= 15 is 0 Å². The number of aromatic nitrogens is 1. The Balaban J connectivity index is 2.26. The Hall–Kier alpha value is -2.92. The second kappa shape index (κ2) is 6.91. The summed E-state index contributed by atoms with van der Waals surface area (Å²) >= 11 is 0. The molecule has 0 aliphatic heterocycles. The Labute approximate surface area is 146 Å². The molecule has 3 rings (SSSR count). The molecule has 0 unspecified atom stereocenters. The Morgan fingerprint density at radius 1 is 0.960 bits per heavy atom. The van der Waals surface area contributed by atoms with Crippen molar-refractivity contribution in [3.05, 3.63) is 75.8 Å². The van der Waals surface area contributed by atoms with Crippen LogP contribution in [0.25, 0.3) is 22.5 Å². The van der Waals surface area contributed by atoms with Crippen molar-refractivity contribution >= 4 is 5.69 Å². The van der Waals surface area contributed by atoms with Gasteiger partial charge in [-0.2, -0.15) is 0 Å². The van der Waals surface area contributed by atoms with Crippen molar-refractivity contribution in [2.45, 2.75) is 20.4 Å². The van der Waals surface area contributed by atoms with Gasteiger partial charge in [0.15, 0.2) is 0 Å². The standard InChI is InChI=1S/C20H20N2O3/c1-14-3-7-16(8-4-14)18-13-19(22(24)25)20(21(18)11-12-23)17-9-5-15(2)6-10-17/h3-10,13,23H,11-12H2,1-2H3. The second-order valence-corrected chi connectivity index (χ2v) is 6.13. The first-order valence-corrected chi connectivity index (χ1v) is 8.14. The van der Waals surface area contributed by atoms with Gasteiger partial charge in [-0.15, -0.1) is 0 Å². The number of hydrogen-bond acceptors (Lipinski definition) is 3. The fourth-order valence-electron chi connectivity index (χ4n) is 2.98. The van der Waals surface area contributed by atoms with Crippen LogP contribution in [-0.2, 0) is 6.54 Å². The number of aliphatic hydroxyl groups is 1. The van der Waals surface area contributed by atoms with E-state index in [1.54, 1.807) is 6.07 Å². The van der Waals surface area contributed by atoms with E-state index in [-0.39, 0.29) is 17.2 Å². The highest BCUT2D eigenvalue weighted by Crippen LogP contribution is 2.37. The summed E-state index contributed by atoms with van der Waals surface area (Å²) in [7, 11) is 0. The first kappa shape index (κ1) is 16.9. The molecule has 0 aliphatic carbocycles. The van der Waals surface area contributed by atoms with E-state index in [0.717, 1.165) is 27.9 Å². The normalized spacial score (nSPS) is 10.8. The maximum Gasteiger partial charge on any atom is 0.295 e. The van der Waals surface area contributed by atoms with E-state index in [1.807, 2.05) is 66.9 Å². The van der Waals surface area contributed by atoms with Crippen LogP contribution in [0.3, 0.4) is 0 Å². The molecule has 0 bridgehead atoms. The van der Waals surface area contributed by atoms with Gasteiger partial charge in [0.1, 0.15) is 5.69 Å². The quantitative estimate of drug-likeness (QED) is 0.556. The lowest BCUT2D eigenvalue weighted by Crippen LogP contribution is -2.06. The first-order chi connectivity index (χ1) is 12.0. The molecule has 0 spiro atoms. The number of nitro groups is 1. The maximum atomic E-state index is 11.6. The van der Waals surface area contributed by atoms with Gasteiger partial charge in [-0.25, -0.2) is 0 Å². The van der Waals surface area contributed by atoms with E-state index in [2.05, 4.69) is 0 Å². The minimum absolute atomic E-state index is 0.0490. The molecule has 5 heteroatoms. The van der Waals surface area contributed by atoms with Crippen LogP contribution in [0.15, 0.2) is 54.6 Å². The molecule has 5 nitrogen and oxygen atoms in total. The lowest BCUT2D eigenvalue weighted by atomic mass is 10.1. The molecular formula is C20H20N2O3. The van der Waals surface area contributed by atoms with Crippen LogP contribution in [0.4, 0.5) is 5.69 Å². The van der Waals surface area contributed by atoms with Gasteiger partial charge in [0, 0.05) is 18.2 Å². The van der Waals surface area contributed by atoms with Gasteiger partial charge in [0.2, 0.25) is 0 Å². The Morgan fingerprint density at radius 3 is 1.96 bits per heavy atom. The third-order valence-electron chi connectivity index (χ3n) is 4.27. The van der Waals surface area contributed by atoms with E-state index in [0.29, 0.717) is 12.2 Å². The molecule has 128 valence electrons. The van der Waals surface area contributed by atoms with Gasteiger partial charge in [0.05, 0.1) is 17.2 Å². The molecule has 1 N–H and O–H groups in total. The molecule has 0 saturated carbocycles. The number of nitrogens with zero attached hydrogens (tertiary/aromatic N) is 2. The van der Waals surface area contributed by atoms with Crippen LogP contribution in [-0.4, -0.2) is 21.2 Å². The lowest BCUT2D eigenvalue weighted by Gasteiger charge is -2.12. The number of aryl methyl sites for hydroxylation is 2. The Morgan fingerprint density at radius 2 is 1.48 bits per heavy atom. The van der Waals surface area contributed by atoms with Crippen molar-refractivity contribution in [2.24, 2.45) is 0 Å². The van der Waals surface area contributed by atoms with Crippen LogP contribution in [0.2, 0.25) is 0 Å². The predicted octanol–water partition coefficient (Wildman–Crippen LogP) is 4.34. The van der Waals surface area contributed by atoms with Gasteiger partial charge < -0.3 is 9.67 Å². The summed E-state index contributed by atoms with van der Waals surface area (Å²) in [6, 6.07) is 17.1. The van der Waals surface area contributed by atoms with Crippen molar-refractivity contribution in [2.75, 3.05) is 6.61 Å². The second-order valence-electron chi connectivity index (χ2n) is 6.13. The summed E-state index contributed by atoms with van der Waals surface area (Å²) in [5.74, 6) is 0. The molecule has 0 radical (unpaired) electrons. The van der Waals surface area contributed by atoms with E-state index in [9.17, 15) is 15.2 Å². The van der Waals surface area contributed by atoms with Crippen molar-refractivity contribution in [3.8, 4) is 22.5 Å². The molecule has 1 heterocycles. The fourth-order valence-corrected chi connectivity index (χ4v) is 2.98. The fraction of sp³-hybridized carbons (Fsp3) is 0.200. The van der Waals surface area contributed by atoms with Crippen LogP contribution < -0.4 is 0 Å².